The van der Waals surface area contributed by atoms with E-state index < -0.39 is 11.1 Å². The molecule has 2 aromatic rings. The molecule has 0 unspecified atom stereocenters. The van der Waals surface area contributed by atoms with Gasteiger partial charge < -0.3 is 15.0 Å². The minimum absolute atomic E-state index is 0.0280. The molecule has 0 aromatic carbocycles. The lowest BCUT2D eigenvalue weighted by molar-refractivity contribution is -0.125. The Morgan fingerprint density at radius 2 is 1.82 bits per heavy atom. The molecule has 0 spiro atoms. The highest BCUT2D eigenvalue weighted by atomic mass is 16.6. The smallest absolute Gasteiger partial charge is 0.410 e. The number of carbonyl (C=O) groups excluding carboxylic acids is 2. The SMILES string of the molecule is CC(C)(C)OC(=O)N1C[C@@H]2[C@H](C1)[C@H]2C(=O)NC(C)(C)c1cnn2ccccc12. The van der Waals surface area contributed by atoms with Gasteiger partial charge in [0.15, 0.2) is 0 Å². The molecule has 1 saturated carbocycles. The van der Waals surface area contributed by atoms with Gasteiger partial charge in [-0.15, -0.1) is 0 Å². The van der Waals surface area contributed by atoms with Crippen LogP contribution in [-0.4, -0.2) is 45.2 Å². The van der Waals surface area contributed by atoms with Gasteiger partial charge in [0.2, 0.25) is 5.91 Å². The molecule has 150 valence electrons. The van der Waals surface area contributed by atoms with Gasteiger partial charge in [0.1, 0.15) is 5.60 Å². The summed E-state index contributed by atoms with van der Waals surface area (Å²) in [5, 5.41) is 7.57. The van der Waals surface area contributed by atoms with Gasteiger partial charge >= 0.3 is 6.09 Å². The summed E-state index contributed by atoms with van der Waals surface area (Å²) >= 11 is 0. The molecular weight excluding hydrogens is 356 g/mol. The highest BCUT2D eigenvalue weighted by Gasteiger charge is 2.61. The second-order valence-corrected chi connectivity index (χ2v) is 9.44. The quantitative estimate of drug-likeness (QED) is 0.883. The largest absolute Gasteiger partial charge is 0.444 e. The number of carbonyl (C=O) groups is 2. The number of rotatable bonds is 3. The monoisotopic (exact) mass is 384 g/mol. The number of nitrogens with zero attached hydrogens (tertiary/aromatic N) is 3. The summed E-state index contributed by atoms with van der Waals surface area (Å²) in [6.45, 7) is 10.8. The summed E-state index contributed by atoms with van der Waals surface area (Å²) in [5.74, 6) is 0.485. The number of piperidine rings is 1. The number of fused-ring (bicyclic) bond motifs is 2. The molecule has 0 radical (unpaired) electrons. The van der Waals surface area contributed by atoms with E-state index in [2.05, 4.69) is 10.4 Å². The van der Waals surface area contributed by atoms with Crippen LogP contribution in [0.3, 0.4) is 0 Å². The van der Waals surface area contributed by atoms with Gasteiger partial charge in [0.25, 0.3) is 0 Å². The van der Waals surface area contributed by atoms with Crippen LogP contribution in [0.15, 0.2) is 30.6 Å². The van der Waals surface area contributed by atoms with Crippen molar-refractivity contribution in [1.29, 1.82) is 0 Å². The van der Waals surface area contributed by atoms with Crippen LogP contribution in [0.4, 0.5) is 4.79 Å². The molecule has 4 rings (SSSR count). The Hall–Kier alpha value is -2.57. The van der Waals surface area contributed by atoms with Gasteiger partial charge in [0.05, 0.1) is 17.3 Å². The molecule has 1 saturated heterocycles. The van der Waals surface area contributed by atoms with E-state index in [9.17, 15) is 9.59 Å². The van der Waals surface area contributed by atoms with Crippen molar-refractivity contribution in [2.45, 2.75) is 45.8 Å². The highest BCUT2D eigenvalue weighted by molar-refractivity contribution is 5.84. The number of ether oxygens (including phenoxy) is 1. The predicted molar refractivity (Wildman–Crippen MR) is 105 cm³/mol. The van der Waals surface area contributed by atoms with Gasteiger partial charge in [-0.05, 0) is 58.6 Å². The highest BCUT2D eigenvalue weighted by Crippen LogP contribution is 2.52. The predicted octanol–water partition coefficient (Wildman–Crippen LogP) is 2.80. The Labute approximate surface area is 165 Å². The van der Waals surface area contributed by atoms with Crippen molar-refractivity contribution in [3.05, 3.63) is 36.2 Å². The Bertz CT molecular complexity index is 915. The van der Waals surface area contributed by atoms with E-state index >= 15 is 0 Å². The Morgan fingerprint density at radius 3 is 2.46 bits per heavy atom. The molecule has 2 aromatic heterocycles. The van der Waals surface area contributed by atoms with E-state index in [0.717, 1.165) is 11.1 Å². The van der Waals surface area contributed by atoms with E-state index in [1.54, 1.807) is 4.90 Å². The van der Waals surface area contributed by atoms with Crippen LogP contribution in [0.25, 0.3) is 5.52 Å². The summed E-state index contributed by atoms with van der Waals surface area (Å²) in [5.41, 5.74) is 0.948. The van der Waals surface area contributed by atoms with Gasteiger partial charge in [-0.2, -0.15) is 5.10 Å². The molecule has 7 nitrogen and oxygen atoms in total. The molecule has 1 aliphatic heterocycles. The third-order valence-electron chi connectivity index (χ3n) is 5.68. The number of nitrogens with one attached hydrogen (secondary N) is 1. The van der Waals surface area contributed by atoms with Crippen LogP contribution in [0.5, 0.6) is 0 Å². The van der Waals surface area contributed by atoms with E-state index in [4.69, 9.17) is 4.74 Å². The van der Waals surface area contributed by atoms with E-state index in [0.29, 0.717) is 13.1 Å². The molecule has 3 atom stereocenters. The van der Waals surface area contributed by atoms with Crippen LogP contribution in [-0.2, 0) is 15.1 Å². The molecule has 2 aliphatic rings. The van der Waals surface area contributed by atoms with E-state index in [1.165, 1.54) is 0 Å². The number of amides is 2. The minimum Gasteiger partial charge on any atom is -0.444 e. The fourth-order valence-electron chi connectivity index (χ4n) is 4.27. The van der Waals surface area contributed by atoms with Gasteiger partial charge in [0, 0.05) is 30.8 Å². The summed E-state index contributed by atoms with van der Waals surface area (Å²) in [6.07, 6.45) is 3.42. The third kappa shape index (κ3) is 3.34. The molecule has 2 fully saturated rings. The van der Waals surface area contributed by atoms with Crippen molar-refractivity contribution in [3.8, 4) is 0 Å². The Balaban J connectivity index is 1.38. The van der Waals surface area contributed by atoms with E-state index in [1.807, 2.05) is 69.7 Å². The van der Waals surface area contributed by atoms with Crippen molar-refractivity contribution in [3.63, 3.8) is 0 Å². The average molecular weight is 384 g/mol. The zero-order valence-corrected chi connectivity index (χ0v) is 17.1. The normalized spacial score (nSPS) is 24.2. The lowest BCUT2D eigenvalue weighted by Crippen LogP contribution is -2.44. The molecule has 0 bridgehead atoms. The molecule has 7 heteroatoms. The van der Waals surface area contributed by atoms with Gasteiger partial charge in [-0.25, -0.2) is 9.31 Å². The second kappa shape index (κ2) is 6.22. The molecule has 1 N–H and O–H groups in total. The topological polar surface area (TPSA) is 75.9 Å². The maximum Gasteiger partial charge on any atom is 0.410 e. The minimum atomic E-state index is -0.526. The Morgan fingerprint density at radius 1 is 1.14 bits per heavy atom. The number of pyridine rings is 1. The third-order valence-corrected chi connectivity index (χ3v) is 5.68. The molecule has 1 aliphatic carbocycles. The van der Waals surface area contributed by atoms with Crippen LogP contribution in [0.1, 0.15) is 40.2 Å². The fourth-order valence-corrected chi connectivity index (χ4v) is 4.27. The lowest BCUT2D eigenvalue weighted by Gasteiger charge is -2.28. The second-order valence-electron chi connectivity index (χ2n) is 9.44. The van der Waals surface area contributed by atoms with Gasteiger partial charge in [-0.1, -0.05) is 6.07 Å². The van der Waals surface area contributed by atoms with Crippen LogP contribution >= 0.6 is 0 Å². The first kappa shape index (κ1) is 18.8. The van der Waals surface area contributed by atoms with E-state index in [-0.39, 0.29) is 29.8 Å². The van der Waals surface area contributed by atoms with Crippen LogP contribution in [0, 0.1) is 17.8 Å². The number of aromatic nitrogens is 2. The van der Waals surface area contributed by atoms with Crippen molar-refractivity contribution in [2.24, 2.45) is 17.8 Å². The molecule has 3 heterocycles. The number of likely N-dealkylation sites (tertiary alicyclic amines) is 1. The number of hydrogen-bond donors (Lipinski definition) is 1. The summed E-state index contributed by atoms with van der Waals surface area (Å²) in [4.78, 5) is 26.8. The maximum atomic E-state index is 12.9. The fraction of sp³-hybridized carbons (Fsp3) is 0.571. The first-order valence-electron chi connectivity index (χ1n) is 9.80. The average Bonchev–Trinajstić information content (AvgIpc) is 2.96. The zero-order valence-electron chi connectivity index (χ0n) is 17.1. The van der Waals surface area contributed by atoms with Crippen molar-refractivity contribution in [2.75, 3.05) is 13.1 Å². The molecule has 28 heavy (non-hydrogen) atoms. The first-order valence-corrected chi connectivity index (χ1v) is 9.80. The van der Waals surface area contributed by atoms with Crippen LogP contribution < -0.4 is 5.32 Å². The van der Waals surface area contributed by atoms with Gasteiger partial charge in [-0.3, -0.25) is 4.79 Å². The number of hydrogen-bond acceptors (Lipinski definition) is 4. The van der Waals surface area contributed by atoms with Crippen LogP contribution in [0.2, 0.25) is 0 Å². The van der Waals surface area contributed by atoms with Crippen molar-refractivity contribution < 1.29 is 14.3 Å². The zero-order chi connectivity index (χ0) is 20.3. The molecular formula is C21H28N4O3. The summed E-state index contributed by atoms with van der Waals surface area (Å²) in [6, 6.07) is 5.90. The summed E-state index contributed by atoms with van der Waals surface area (Å²) < 4.78 is 7.25. The standard InChI is InChI=1S/C21H28N4O3/c1-20(2,3)28-19(27)24-11-13-14(12-24)17(13)18(26)23-21(4,5)15-10-22-25-9-7-6-8-16(15)25/h6-10,13-14,17H,11-12H2,1-5H3,(H,23,26)/t13-,14+,17+. The first-order chi connectivity index (χ1) is 13.1. The van der Waals surface area contributed by atoms with Crippen molar-refractivity contribution in [1.82, 2.24) is 19.8 Å². The summed E-state index contributed by atoms with van der Waals surface area (Å²) in [7, 11) is 0. The molecule has 2 amide bonds. The lowest BCUT2D eigenvalue weighted by atomic mass is 9.95. The Kier molecular flexibility index (Phi) is 4.17. The van der Waals surface area contributed by atoms with Crippen molar-refractivity contribution >= 4 is 17.5 Å². The maximum absolute atomic E-state index is 12.9.